The van der Waals surface area contributed by atoms with Gasteiger partial charge in [0.15, 0.2) is 0 Å². The summed E-state index contributed by atoms with van der Waals surface area (Å²) in [6.45, 7) is 2.18. The average Bonchev–Trinajstić information content (AvgIpc) is 2.87. The maximum atomic E-state index is 10.9. The van der Waals surface area contributed by atoms with E-state index in [4.69, 9.17) is 9.84 Å². The first-order valence-electron chi connectivity index (χ1n) is 5.88. The van der Waals surface area contributed by atoms with Gasteiger partial charge in [-0.2, -0.15) is 0 Å². The second-order valence-electron chi connectivity index (χ2n) is 4.26. The van der Waals surface area contributed by atoms with Crippen molar-refractivity contribution in [3.63, 3.8) is 0 Å². The molecule has 0 radical (unpaired) electrons. The van der Waals surface area contributed by atoms with Crippen molar-refractivity contribution in [2.45, 2.75) is 19.4 Å². The molecule has 100 valence electrons. The Hall–Kier alpha value is -1.72. The predicted molar refractivity (Wildman–Crippen MR) is 74.3 cm³/mol. The SMILES string of the molecule is COCc1csc(-c2ccc(C(C)C(=O)O)cc2)n1. The van der Waals surface area contributed by atoms with Gasteiger partial charge in [0.05, 0.1) is 18.2 Å². The van der Waals surface area contributed by atoms with Gasteiger partial charge >= 0.3 is 5.97 Å². The molecule has 5 heteroatoms. The summed E-state index contributed by atoms with van der Waals surface area (Å²) in [4.78, 5) is 15.4. The van der Waals surface area contributed by atoms with Crippen molar-refractivity contribution in [2.24, 2.45) is 0 Å². The highest BCUT2D eigenvalue weighted by Gasteiger charge is 2.13. The number of hydrogen-bond acceptors (Lipinski definition) is 4. The lowest BCUT2D eigenvalue weighted by molar-refractivity contribution is -0.138. The molecular weight excluding hydrogens is 262 g/mol. The van der Waals surface area contributed by atoms with E-state index in [0.29, 0.717) is 6.61 Å². The molecule has 0 amide bonds. The molecule has 2 rings (SSSR count). The Morgan fingerprint density at radius 2 is 2.11 bits per heavy atom. The van der Waals surface area contributed by atoms with E-state index < -0.39 is 11.9 Å². The van der Waals surface area contributed by atoms with Crippen LogP contribution in [0.1, 0.15) is 24.1 Å². The predicted octanol–water partition coefficient (Wildman–Crippen LogP) is 3.14. The second kappa shape index (κ2) is 5.95. The average molecular weight is 277 g/mol. The number of hydrogen-bond donors (Lipinski definition) is 1. The topological polar surface area (TPSA) is 59.4 Å². The molecule has 1 N–H and O–H groups in total. The number of carbonyl (C=O) groups is 1. The van der Waals surface area contributed by atoms with E-state index in [0.717, 1.165) is 21.8 Å². The Balaban J connectivity index is 2.19. The van der Waals surface area contributed by atoms with Crippen LogP contribution in [-0.2, 0) is 16.1 Å². The smallest absolute Gasteiger partial charge is 0.310 e. The third-order valence-corrected chi connectivity index (χ3v) is 3.81. The van der Waals surface area contributed by atoms with Gasteiger partial charge in [-0.25, -0.2) is 4.98 Å². The summed E-state index contributed by atoms with van der Waals surface area (Å²) >= 11 is 1.56. The van der Waals surface area contributed by atoms with Crippen molar-refractivity contribution < 1.29 is 14.6 Å². The molecule has 0 bridgehead atoms. The standard InChI is InChI=1S/C14H15NO3S/c1-9(14(16)17)10-3-5-11(6-4-10)13-15-12(7-18-2)8-19-13/h3-6,8-9H,7H2,1-2H3,(H,16,17). The van der Waals surface area contributed by atoms with Crippen LogP contribution in [0.3, 0.4) is 0 Å². The van der Waals surface area contributed by atoms with Crippen LogP contribution >= 0.6 is 11.3 Å². The number of nitrogens with zero attached hydrogens (tertiary/aromatic N) is 1. The summed E-state index contributed by atoms with van der Waals surface area (Å²) in [5.41, 5.74) is 2.70. The molecule has 0 fully saturated rings. The Labute approximate surface area is 115 Å². The quantitative estimate of drug-likeness (QED) is 0.912. The normalized spacial score (nSPS) is 12.3. The monoisotopic (exact) mass is 277 g/mol. The highest BCUT2D eigenvalue weighted by molar-refractivity contribution is 7.13. The molecule has 2 aromatic rings. The number of aromatic nitrogens is 1. The number of aliphatic carboxylic acids is 1. The van der Waals surface area contributed by atoms with E-state index in [-0.39, 0.29) is 0 Å². The molecule has 0 saturated heterocycles. The number of ether oxygens (including phenoxy) is 1. The largest absolute Gasteiger partial charge is 0.481 e. The van der Waals surface area contributed by atoms with Gasteiger partial charge in [-0.3, -0.25) is 4.79 Å². The lowest BCUT2D eigenvalue weighted by atomic mass is 10.0. The lowest BCUT2D eigenvalue weighted by Crippen LogP contribution is -2.06. The number of carboxylic acids is 1. The van der Waals surface area contributed by atoms with Gasteiger partial charge < -0.3 is 9.84 Å². The van der Waals surface area contributed by atoms with Crippen LogP contribution in [0.2, 0.25) is 0 Å². The zero-order valence-electron chi connectivity index (χ0n) is 10.8. The molecule has 1 aromatic carbocycles. The van der Waals surface area contributed by atoms with Gasteiger partial charge in [0.2, 0.25) is 0 Å². The fourth-order valence-electron chi connectivity index (χ4n) is 1.71. The highest BCUT2D eigenvalue weighted by Crippen LogP contribution is 2.26. The summed E-state index contributed by atoms with van der Waals surface area (Å²) in [5, 5.41) is 11.8. The van der Waals surface area contributed by atoms with Crippen LogP contribution < -0.4 is 0 Å². The van der Waals surface area contributed by atoms with Gasteiger partial charge in [0.25, 0.3) is 0 Å². The Kier molecular flexibility index (Phi) is 4.29. The maximum Gasteiger partial charge on any atom is 0.310 e. The minimum Gasteiger partial charge on any atom is -0.481 e. The molecule has 1 unspecified atom stereocenters. The number of thiazole rings is 1. The zero-order valence-corrected chi connectivity index (χ0v) is 11.6. The fraction of sp³-hybridized carbons (Fsp3) is 0.286. The molecule has 4 nitrogen and oxygen atoms in total. The van der Waals surface area contributed by atoms with E-state index in [2.05, 4.69) is 4.98 Å². The van der Waals surface area contributed by atoms with Crippen LogP contribution in [0.5, 0.6) is 0 Å². The molecule has 1 atom stereocenters. The van der Waals surface area contributed by atoms with E-state index in [1.165, 1.54) is 0 Å². The molecule has 1 aromatic heterocycles. The van der Waals surface area contributed by atoms with Gasteiger partial charge in [0.1, 0.15) is 5.01 Å². The van der Waals surface area contributed by atoms with E-state index in [9.17, 15) is 4.79 Å². The molecule has 1 heterocycles. The van der Waals surface area contributed by atoms with E-state index in [1.54, 1.807) is 25.4 Å². The fourth-order valence-corrected chi connectivity index (χ4v) is 2.52. The highest BCUT2D eigenvalue weighted by atomic mass is 32.1. The van der Waals surface area contributed by atoms with Crippen LogP contribution in [0.4, 0.5) is 0 Å². The van der Waals surface area contributed by atoms with Gasteiger partial charge in [-0.15, -0.1) is 11.3 Å². The Morgan fingerprint density at radius 3 is 2.68 bits per heavy atom. The van der Waals surface area contributed by atoms with Crippen LogP contribution in [0.25, 0.3) is 10.6 Å². The molecule has 0 spiro atoms. The van der Waals surface area contributed by atoms with Gasteiger partial charge in [-0.05, 0) is 12.5 Å². The molecule has 0 aliphatic rings. The summed E-state index contributed by atoms with van der Waals surface area (Å²) in [6, 6.07) is 7.49. The minimum atomic E-state index is -0.815. The molecule has 0 aliphatic carbocycles. The molecular formula is C14H15NO3S. The van der Waals surface area contributed by atoms with Crippen LogP contribution in [-0.4, -0.2) is 23.2 Å². The van der Waals surface area contributed by atoms with Crippen LogP contribution in [0.15, 0.2) is 29.6 Å². The minimum absolute atomic E-state index is 0.491. The number of methoxy groups -OCH3 is 1. The molecule has 19 heavy (non-hydrogen) atoms. The Bertz CT molecular complexity index is 562. The van der Waals surface area contributed by atoms with Gasteiger partial charge in [0, 0.05) is 18.1 Å². The van der Waals surface area contributed by atoms with Crippen molar-refractivity contribution in [2.75, 3.05) is 7.11 Å². The Morgan fingerprint density at radius 1 is 1.42 bits per heavy atom. The number of benzene rings is 1. The first kappa shape index (κ1) is 13.7. The molecule has 0 saturated carbocycles. The van der Waals surface area contributed by atoms with E-state index >= 15 is 0 Å². The summed E-state index contributed by atoms with van der Waals surface area (Å²) in [7, 11) is 1.64. The molecule has 0 aliphatic heterocycles. The number of carboxylic acid groups (broad SMARTS) is 1. The van der Waals surface area contributed by atoms with Crippen molar-refractivity contribution >= 4 is 17.3 Å². The lowest BCUT2D eigenvalue weighted by Gasteiger charge is -2.06. The summed E-state index contributed by atoms with van der Waals surface area (Å²) in [6.07, 6.45) is 0. The van der Waals surface area contributed by atoms with Crippen molar-refractivity contribution in [1.82, 2.24) is 4.98 Å². The third kappa shape index (κ3) is 3.19. The van der Waals surface area contributed by atoms with E-state index in [1.807, 2.05) is 29.6 Å². The number of rotatable bonds is 5. The summed E-state index contributed by atoms with van der Waals surface area (Å²) < 4.78 is 5.03. The zero-order chi connectivity index (χ0) is 13.8. The van der Waals surface area contributed by atoms with Crippen molar-refractivity contribution in [3.8, 4) is 10.6 Å². The van der Waals surface area contributed by atoms with Crippen molar-refractivity contribution in [3.05, 3.63) is 40.9 Å². The third-order valence-electron chi connectivity index (χ3n) is 2.87. The van der Waals surface area contributed by atoms with Crippen LogP contribution in [0, 0.1) is 0 Å². The summed E-state index contributed by atoms with van der Waals surface area (Å²) in [5.74, 6) is -1.31. The van der Waals surface area contributed by atoms with Crippen molar-refractivity contribution in [1.29, 1.82) is 0 Å². The first-order chi connectivity index (χ1) is 9.11. The first-order valence-corrected chi connectivity index (χ1v) is 6.76. The maximum absolute atomic E-state index is 10.9. The second-order valence-corrected chi connectivity index (χ2v) is 5.12. The van der Waals surface area contributed by atoms with Gasteiger partial charge in [-0.1, -0.05) is 24.3 Å².